The van der Waals surface area contributed by atoms with E-state index in [-0.39, 0.29) is 30.7 Å². The Labute approximate surface area is 122 Å². The lowest BCUT2D eigenvalue weighted by atomic mass is 10.1. The van der Waals surface area contributed by atoms with Gasteiger partial charge < -0.3 is 11.1 Å². The first-order valence-corrected chi connectivity index (χ1v) is 6.51. The van der Waals surface area contributed by atoms with Crippen molar-refractivity contribution in [2.24, 2.45) is 5.73 Å². The van der Waals surface area contributed by atoms with E-state index >= 15 is 0 Å². The molecule has 4 nitrogen and oxygen atoms in total. The molecule has 1 heterocycles. The number of hydrogen-bond donors (Lipinski definition) is 2. The Hall–Kier alpha value is -0.0300. The Kier molecular flexibility index (Phi) is 8.95. The number of halogens is 2. The third-order valence-electron chi connectivity index (χ3n) is 3.72. The fourth-order valence-corrected chi connectivity index (χ4v) is 2.66. The number of rotatable bonds is 3. The smallest absolute Gasteiger partial charge is 0.234 e. The fourth-order valence-electron chi connectivity index (χ4n) is 2.66. The second-order valence-electron chi connectivity index (χ2n) is 5.16. The molecule has 3 N–H and O–H groups in total. The molecular formula is C12H25Cl2N3O. The van der Waals surface area contributed by atoms with Crippen LogP contribution in [0.2, 0.25) is 0 Å². The molecule has 2 rings (SSSR count). The van der Waals surface area contributed by atoms with Crippen LogP contribution in [0.3, 0.4) is 0 Å². The standard InChI is InChI=1S/C12H23N3O.2ClH/c13-10-5-7-15(8-6-10)9-12(16)14-11-3-1-2-4-11;;/h10-11H,1-9,13H2,(H,14,16);2*1H. The number of nitrogens with two attached hydrogens (primary N) is 1. The first kappa shape index (κ1) is 18.0. The average Bonchev–Trinajstić information content (AvgIpc) is 2.74. The highest BCUT2D eigenvalue weighted by Crippen LogP contribution is 2.17. The van der Waals surface area contributed by atoms with Gasteiger partial charge in [-0.05, 0) is 25.7 Å². The summed E-state index contributed by atoms with van der Waals surface area (Å²) in [6, 6.07) is 0.786. The number of carbonyl (C=O) groups is 1. The molecule has 1 aliphatic heterocycles. The summed E-state index contributed by atoms with van der Waals surface area (Å²) in [7, 11) is 0. The van der Waals surface area contributed by atoms with E-state index in [9.17, 15) is 4.79 Å². The number of nitrogens with zero attached hydrogens (tertiary/aromatic N) is 1. The third-order valence-corrected chi connectivity index (χ3v) is 3.72. The van der Waals surface area contributed by atoms with Gasteiger partial charge in [0, 0.05) is 25.2 Å². The molecule has 1 aliphatic carbocycles. The maximum Gasteiger partial charge on any atom is 0.234 e. The molecule has 1 saturated carbocycles. The summed E-state index contributed by atoms with van der Waals surface area (Å²) in [5, 5.41) is 3.13. The van der Waals surface area contributed by atoms with Crippen LogP contribution in [-0.4, -0.2) is 42.5 Å². The summed E-state index contributed by atoms with van der Waals surface area (Å²) in [4.78, 5) is 14.0. The van der Waals surface area contributed by atoms with Crippen molar-refractivity contribution in [3.05, 3.63) is 0 Å². The lowest BCUT2D eigenvalue weighted by Crippen LogP contribution is -2.46. The summed E-state index contributed by atoms with van der Waals surface area (Å²) >= 11 is 0. The van der Waals surface area contributed by atoms with E-state index in [1.165, 1.54) is 12.8 Å². The third kappa shape index (κ3) is 5.74. The topological polar surface area (TPSA) is 58.4 Å². The van der Waals surface area contributed by atoms with E-state index < -0.39 is 0 Å². The minimum atomic E-state index is 0. The Bertz CT molecular complexity index is 239. The predicted octanol–water partition coefficient (Wildman–Crippen LogP) is 1.31. The van der Waals surface area contributed by atoms with Gasteiger partial charge in [-0.15, -0.1) is 24.8 Å². The van der Waals surface area contributed by atoms with Crippen LogP contribution in [0, 0.1) is 0 Å². The van der Waals surface area contributed by atoms with Crippen LogP contribution >= 0.6 is 24.8 Å². The molecule has 0 atom stereocenters. The molecule has 1 amide bonds. The van der Waals surface area contributed by atoms with Crippen LogP contribution < -0.4 is 11.1 Å². The number of carbonyl (C=O) groups excluding carboxylic acids is 1. The van der Waals surface area contributed by atoms with Crippen molar-refractivity contribution in [2.45, 2.75) is 50.6 Å². The van der Waals surface area contributed by atoms with Crippen LogP contribution in [0.4, 0.5) is 0 Å². The molecule has 0 bridgehead atoms. The van der Waals surface area contributed by atoms with Crippen molar-refractivity contribution in [3.8, 4) is 0 Å². The summed E-state index contributed by atoms with van der Waals surface area (Å²) in [6.07, 6.45) is 6.91. The fraction of sp³-hybridized carbons (Fsp3) is 0.917. The van der Waals surface area contributed by atoms with Crippen molar-refractivity contribution in [3.63, 3.8) is 0 Å². The van der Waals surface area contributed by atoms with Gasteiger partial charge in [0.05, 0.1) is 6.54 Å². The highest BCUT2D eigenvalue weighted by atomic mass is 35.5. The summed E-state index contributed by atoms with van der Waals surface area (Å²) in [5.41, 5.74) is 5.83. The minimum absolute atomic E-state index is 0. The van der Waals surface area contributed by atoms with Crippen molar-refractivity contribution in [1.82, 2.24) is 10.2 Å². The SMILES string of the molecule is Cl.Cl.NC1CCN(CC(=O)NC2CCCC2)CC1. The van der Waals surface area contributed by atoms with Crippen LogP contribution in [0.15, 0.2) is 0 Å². The number of nitrogens with one attached hydrogen (secondary N) is 1. The van der Waals surface area contributed by atoms with Gasteiger partial charge in [0.25, 0.3) is 0 Å². The van der Waals surface area contributed by atoms with Gasteiger partial charge in [0.15, 0.2) is 0 Å². The second-order valence-corrected chi connectivity index (χ2v) is 5.16. The summed E-state index contributed by atoms with van der Waals surface area (Å²) in [5.74, 6) is 0.197. The molecule has 0 unspecified atom stereocenters. The zero-order chi connectivity index (χ0) is 11.4. The number of hydrogen-bond acceptors (Lipinski definition) is 3. The molecular weight excluding hydrogens is 273 g/mol. The molecule has 0 aromatic carbocycles. The van der Waals surface area contributed by atoms with Crippen molar-refractivity contribution in [1.29, 1.82) is 0 Å². The van der Waals surface area contributed by atoms with Gasteiger partial charge in [0.2, 0.25) is 5.91 Å². The van der Waals surface area contributed by atoms with Crippen molar-refractivity contribution < 1.29 is 4.79 Å². The van der Waals surface area contributed by atoms with Crippen LogP contribution in [0.25, 0.3) is 0 Å². The average molecular weight is 298 g/mol. The van der Waals surface area contributed by atoms with E-state index in [0.29, 0.717) is 18.6 Å². The molecule has 6 heteroatoms. The number of likely N-dealkylation sites (tertiary alicyclic amines) is 1. The van der Waals surface area contributed by atoms with E-state index in [2.05, 4.69) is 10.2 Å². The van der Waals surface area contributed by atoms with Gasteiger partial charge in [0.1, 0.15) is 0 Å². The molecule has 0 aromatic heterocycles. The minimum Gasteiger partial charge on any atom is -0.352 e. The molecule has 2 fully saturated rings. The Morgan fingerprint density at radius 3 is 2.22 bits per heavy atom. The first-order valence-electron chi connectivity index (χ1n) is 6.51. The molecule has 0 radical (unpaired) electrons. The largest absolute Gasteiger partial charge is 0.352 e. The van der Waals surface area contributed by atoms with Gasteiger partial charge in [-0.3, -0.25) is 9.69 Å². The highest BCUT2D eigenvalue weighted by molar-refractivity contribution is 5.85. The number of amides is 1. The van der Waals surface area contributed by atoms with Gasteiger partial charge in [-0.2, -0.15) is 0 Å². The monoisotopic (exact) mass is 297 g/mol. The van der Waals surface area contributed by atoms with Crippen LogP contribution in [-0.2, 0) is 4.79 Å². The lowest BCUT2D eigenvalue weighted by molar-refractivity contribution is -0.123. The summed E-state index contributed by atoms with van der Waals surface area (Å²) < 4.78 is 0. The van der Waals surface area contributed by atoms with Crippen molar-refractivity contribution in [2.75, 3.05) is 19.6 Å². The molecule has 18 heavy (non-hydrogen) atoms. The number of piperidine rings is 1. The van der Waals surface area contributed by atoms with Gasteiger partial charge in [-0.25, -0.2) is 0 Å². The maximum atomic E-state index is 11.8. The van der Waals surface area contributed by atoms with E-state index in [4.69, 9.17) is 5.73 Å². The summed E-state index contributed by atoms with van der Waals surface area (Å²) in [6.45, 7) is 2.50. The van der Waals surface area contributed by atoms with Crippen LogP contribution in [0.5, 0.6) is 0 Å². The molecule has 0 spiro atoms. The molecule has 0 aromatic rings. The first-order chi connectivity index (χ1) is 7.74. The predicted molar refractivity (Wildman–Crippen MR) is 78.5 cm³/mol. The van der Waals surface area contributed by atoms with Crippen LogP contribution in [0.1, 0.15) is 38.5 Å². The lowest BCUT2D eigenvalue weighted by Gasteiger charge is -2.29. The van der Waals surface area contributed by atoms with Gasteiger partial charge in [-0.1, -0.05) is 12.8 Å². The van der Waals surface area contributed by atoms with E-state index in [0.717, 1.165) is 38.8 Å². The molecule has 108 valence electrons. The van der Waals surface area contributed by atoms with E-state index in [1.807, 2.05) is 0 Å². The van der Waals surface area contributed by atoms with Crippen molar-refractivity contribution >= 4 is 30.7 Å². The zero-order valence-corrected chi connectivity index (χ0v) is 12.4. The van der Waals surface area contributed by atoms with Gasteiger partial charge >= 0.3 is 0 Å². The quantitative estimate of drug-likeness (QED) is 0.826. The Morgan fingerprint density at radius 2 is 1.67 bits per heavy atom. The molecule has 2 aliphatic rings. The maximum absolute atomic E-state index is 11.8. The highest BCUT2D eigenvalue weighted by Gasteiger charge is 2.21. The molecule has 1 saturated heterocycles. The Morgan fingerprint density at radius 1 is 1.11 bits per heavy atom. The zero-order valence-electron chi connectivity index (χ0n) is 10.8. The van der Waals surface area contributed by atoms with E-state index in [1.54, 1.807) is 0 Å². The Balaban J connectivity index is 0.00000144. The second kappa shape index (κ2) is 8.97. The normalized spacial score (nSPS) is 22.1.